The van der Waals surface area contributed by atoms with Crippen LogP contribution in [0.15, 0.2) is 89.2 Å². The minimum Gasteiger partial charge on any atom is -0.478 e. The molecule has 7 nitrogen and oxygen atoms in total. The van der Waals surface area contributed by atoms with Crippen LogP contribution in [-0.2, 0) is 16.0 Å². The van der Waals surface area contributed by atoms with Gasteiger partial charge in [-0.25, -0.2) is 9.79 Å². The highest BCUT2D eigenvalue weighted by Crippen LogP contribution is 2.39. The molecule has 1 aromatic heterocycles. The Bertz CT molecular complexity index is 1410. The monoisotopic (exact) mass is 606 g/mol. The Morgan fingerprint density at radius 2 is 1.74 bits per heavy atom. The number of aliphatic carboxylic acids is 1. The summed E-state index contributed by atoms with van der Waals surface area (Å²) < 4.78 is 6.09. The fourth-order valence-corrected chi connectivity index (χ4v) is 5.95. The van der Waals surface area contributed by atoms with Crippen molar-refractivity contribution in [3.05, 3.63) is 111 Å². The van der Waals surface area contributed by atoms with E-state index in [0.717, 1.165) is 38.0 Å². The van der Waals surface area contributed by atoms with Gasteiger partial charge >= 0.3 is 5.97 Å². The van der Waals surface area contributed by atoms with Gasteiger partial charge in [0.2, 0.25) is 0 Å². The number of hydrogen-bond acceptors (Lipinski definition) is 6. The van der Waals surface area contributed by atoms with Crippen molar-refractivity contribution in [3.63, 3.8) is 0 Å². The molecule has 0 bridgehead atoms. The summed E-state index contributed by atoms with van der Waals surface area (Å²) in [5.74, 6) is -0.433. The second-order valence-electron chi connectivity index (χ2n) is 10.6. The van der Waals surface area contributed by atoms with Gasteiger partial charge in [-0.3, -0.25) is 4.98 Å². The van der Waals surface area contributed by atoms with Gasteiger partial charge in [0.15, 0.2) is 5.84 Å². The Hall–Kier alpha value is -3.23. The number of carboxylic acid groups (broad SMARTS) is 1. The molecule has 1 N–H and O–H groups in total. The predicted molar refractivity (Wildman–Crippen MR) is 167 cm³/mol. The first-order chi connectivity index (χ1) is 20.5. The summed E-state index contributed by atoms with van der Waals surface area (Å²) in [6.07, 6.45) is 7.02. The molecule has 0 spiro atoms. The van der Waals surface area contributed by atoms with Crippen LogP contribution >= 0.6 is 23.2 Å². The molecular weight excluding hydrogens is 571 g/mol. The molecule has 0 saturated carbocycles. The first-order valence-electron chi connectivity index (χ1n) is 14.5. The van der Waals surface area contributed by atoms with Crippen LogP contribution in [0, 0.1) is 0 Å². The molecular formula is C33H36Cl2N4O3. The lowest BCUT2D eigenvalue weighted by Crippen LogP contribution is -2.42. The molecule has 0 amide bonds. The van der Waals surface area contributed by atoms with E-state index in [9.17, 15) is 9.90 Å². The van der Waals surface area contributed by atoms with Crippen LogP contribution in [0.2, 0.25) is 10.0 Å². The van der Waals surface area contributed by atoms with Crippen LogP contribution in [0.4, 0.5) is 0 Å². The molecule has 2 aliphatic rings. The summed E-state index contributed by atoms with van der Waals surface area (Å²) in [6.45, 7) is 4.10. The number of halogens is 2. The third-order valence-corrected chi connectivity index (χ3v) is 8.48. The maximum atomic E-state index is 13.0. The number of ether oxygens (including phenoxy) is 1. The number of carboxylic acids is 1. The van der Waals surface area contributed by atoms with Crippen LogP contribution in [0.5, 0.6) is 0 Å². The Morgan fingerprint density at radius 1 is 0.952 bits per heavy atom. The number of aliphatic imine (C=N–C) groups is 1. The van der Waals surface area contributed by atoms with Crippen LogP contribution < -0.4 is 0 Å². The fraction of sp³-hybridized carbons (Fsp3) is 0.364. The minimum absolute atomic E-state index is 0.0848. The van der Waals surface area contributed by atoms with E-state index in [2.05, 4.69) is 22.0 Å². The smallest absolute Gasteiger partial charge is 0.336 e. The van der Waals surface area contributed by atoms with Crippen molar-refractivity contribution in [3.8, 4) is 0 Å². The average molecular weight is 608 g/mol. The van der Waals surface area contributed by atoms with E-state index in [1.807, 2.05) is 47.4 Å². The lowest BCUT2D eigenvalue weighted by atomic mass is 9.92. The number of likely N-dealkylation sites (tertiary alicyclic amines) is 1. The first kappa shape index (κ1) is 30.2. The molecule has 220 valence electrons. The Balaban J connectivity index is 1.50. The van der Waals surface area contributed by atoms with E-state index < -0.39 is 12.0 Å². The maximum Gasteiger partial charge on any atom is 0.336 e. The summed E-state index contributed by atoms with van der Waals surface area (Å²) in [6, 6.07) is 20.5. The van der Waals surface area contributed by atoms with Crippen molar-refractivity contribution < 1.29 is 14.6 Å². The van der Waals surface area contributed by atoms with Gasteiger partial charge in [0, 0.05) is 19.3 Å². The lowest BCUT2D eigenvalue weighted by Gasteiger charge is -2.38. The van der Waals surface area contributed by atoms with Gasteiger partial charge in [-0.2, -0.15) is 0 Å². The minimum atomic E-state index is -1.04. The summed E-state index contributed by atoms with van der Waals surface area (Å²) in [7, 11) is 0. The Morgan fingerprint density at radius 3 is 2.45 bits per heavy atom. The van der Waals surface area contributed by atoms with Crippen LogP contribution in [0.25, 0.3) is 0 Å². The molecule has 3 aromatic rings. The van der Waals surface area contributed by atoms with E-state index in [4.69, 9.17) is 32.9 Å². The second-order valence-corrected chi connectivity index (χ2v) is 11.4. The molecule has 2 aromatic carbocycles. The number of carbonyl (C=O) groups is 1. The van der Waals surface area contributed by atoms with Crippen LogP contribution in [0.1, 0.15) is 48.5 Å². The van der Waals surface area contributed by atoms with Crippen molar-refractivity contribution in [2.24, 2.45) is 4.99 Å². The summed E-state index contributed by atoms with van der Waals surface area (Å²) in [5, 5.41) is 11.4. The van der Waals surface area contributed by atoms with Crippen molar-refractivity contribution >= 4 is 35.0 Å². The molecule has 0 aliphatic carbocycles. The van der Waals surface area contributed by atoms with E-state index in [1.54, 1.807) is 18.3 Å². The second kappa shape index (κ2) is 14.8. The number of benzene rings is 2. The highest BCUT2D eigenvalue weighted by Gasteiger charge is 2.38. The highest BCUT2D eigenvalue weighted by molar-refractivity contribution is 6.42. The quantitative estimate of drug-likeness (QED) is 0.232. The SMILES string of the molecule is O=C(O)C1=C(COCCN2CCCCC2)N=C(c2ccccn2)N(CCCc2ccccc2)C1c1ccc(Cl)c(Cl)c1. The third kappa shape index (κ3) is 7.58. The summed E-state index contributed by atoms with van der Waals surface area (Å²) >= 11 is 12.7. The van der Waals surface area contributed by atoms with Gasteiger partial charge in [0.05, 0.1) is 40.6 Å². The average Bonchev–Trinajstić information content (AvgIpc) is 3.02. The Kier molecular flexibility index (Phi) is 10.6. The normalized spacial score (nSPS) is 17.8. The molecule has 42 heavy (non-hydrogen) atoms. The predicted octanol–water partition coefficient (Wildman–Crippen LogP) is 6.67. The largest absolute Gasteiger partial charge is 0.478 e. The van der Waals surface area contributed by atoms with Gasteiger partial charge in [0.1, 0.15) is 5.69 Å². The zero-order valence-corrected chi connectivity index (χ0v) is 25.1. The number of aryl methyl sites for hydroxylation is 1. The standard InChI is InChI=1S/C33H36Cl2N4O3/c34-26-15-14-25(22-27(26)35)31-30(33(40)41)29(23-42-21-20-38-17-7-2-8-18-38)37-32(28-13-5-6-16-36-28)39(31)19-9-12-24-10-3-1-4-11-24/h1,3-6,10-11,13-16,22,31H,2,7-9,12,17-21,23H2,(H,40,41). The molecule has 1 saturated heterocycles. The number of nitrogens with zero attached hydrogens (tertiary/aromatic N) is 4. The van der Waals surface area contributed by atoms with Gasteiger partial charge < -0.3 is 19.6 Å². The van der Waals surface area contributed by atoms with Crippen LogP contribution in [0.3, 0.4) is 0 Å². The molecule has 9 heteroatoms. The summed E-state index contributed by atoms with van der Waals surface area (Å²) in [5.41, 5.74) is 3.16. The number of pyridine rings is 1. The molecule has 5 rings (SSSR count). The maximum absolute atomic E-state index is 13.0. The van der Waals surface area contributed by atoms with Gasteiger partial charge in [0.25, 0.3) is 0 Å². The Labute approximate surface area is 257 Å². The number of hydrogen-bond donors (Lipinski definition) is 1. The van der Waals surface area contributed by atoms with Gasteiger partial charge in [-0.1, -0.05) is 72.1 Å². The van der Waals surface area contributed by atoms with Gasteiger partial charge in [-0.05, 0) is 74.2 Å². The van der Waals surface area contributed by atoms with Crippen LogP contribution in [-0.4, -0.2) is 71.1 Å². The zero-order chi connectivity index (χ0) is 29.3. The van der Waals surface area contributed by atoms with E-state index in [1.165, 1.54) is 24.8 Å². The first-order valence-corrected chi connectivity index (χ1v) is 15.3. The topological polar surface area (TPSA) is 78.3 Å². The third-order valence-electron chi connectivity index (χ3n) is 7.74. The van der Waals surface area contributed by atoms with E-state index in [0.29, 0.717) is 40.4 Å². The molecule has 3 heterocycles. The lowest BCUT2D eigenvalue weighted by molar-refractivity contribution is -0.133. The summed E-state index contributed by atoms with van der Waals surface area (Å²) in [4.78, 5) is 26.9. The van der Waals surface area contributed by atoms with Crippen molar-refractivity contribution in [1.29, 1.82) is 0 Å². The van der Waals surface area contributed by atoms with Crippen molar-refractivity contribution in [2.75, 3.05) is 39.4 Å². The number of amidine groups is 1. The molecule has 1 atom stereocenters. The van der Waals surface area contributed by atoms with Crippen molar-refractivity contribution in [1.82, 2.24) is 14.8 Å². The molecule has 1 unspecified atom stereocenters. The van der Waals surface area contributed by atoms with Crippen molar-refractivity contribution in [2.45, 2.75) is 38.1 Å². The zero-order valence-electron chi connectivity index (χ0n) is 23.6. The van der Waals surface area contributed by atoms with E-state index in [-0.39, 0.29) is 12.2 Å². The number of piperidine rings is 1. The van der Waals surface area contributed by atoms with E-state index >= 15 is 0 Å². The fourth-order valence-electron chi connectivity index (χ4n) is 5.65. The van der Waals surface area contributed by atoms with Gasteiger partial charge in [-0.15, -0.1) is 0 Å². The number of aromatic nitrogens is 1. The highest BCUT2D eigenvalue weighted by atomic mass is 35.5. The molecule has 1 fully saturated rings. The molecule has 2 aliphatic heterocycles. The number of rotatable bonds is 12. The molecule has 0 radical (unpaired) electrons.